The fourth-order valence-corrected chi connectivity index (χ4v) is 1.42. The summed E-state index contributed by atoms with van der Waals surface area (Å²) in [5.41, 5.74) is 11.0. The number of nitrogens with zero attached hydrogens (tertiary/aromatic N) is 1. The number of carbonyl (C=O) groups excluding carboxylic acids is 1. The van der Waals surface area contributed by atoms with Gasteiger partial charge in [-0.15, -0.1) is 0 Å². The van der Waals surface area contributed by atoms with Crippen molar-refractivity contribution in [3.8, 4) is 0 Å². The van der Waals surface area contributed by atoms with Crippen LogP contribution >= 0.6 is 0 Å². The van der Waals surface area contributed by atoms with Crippen LogP contribution in [0.3, 0.4) is 0 Å². The largest absolute Gasteiger partial charge is 0.372 e. The minimum absolute atomic E-state index is 0.175. The monoisotopic (exact) mass is 225 g/mol. The number of carbonyl (C=O) groups is 1. The minimum atomic E-state index is -0.630. The van der Waals surface area contributed by atoms with Crippen molar-refractivity contribution >= 4 is 11.6 Å². The van der Waals surface area contributed by atoms with Crippen LogP contribution in [0.15, 0.2) is 18.2 Å². The topological polar surface area (TPSA) is 72.3 Å². The van der Waals surface area contributed by atoms with E-state index in [2.05, 4.69) is 0 Å². The molecule has 0 heterocycles. The lowest BCUT2D eigenvalue weighted by molar-refractivity contribution is 0.1000. The molecule has 1 aromatic rings. The van der Waals surface area contributed by atoms with Gasteiger partial charge in [0.25, 0.3) is 0 Å². The van der Waals surface area contributed by atoms with E-state index in [-0.39, 0.29) is 5.56 Å². The molecule has 0 radical (unpaired) electrons. The van der Waals surface area contributed by atoms with E-state index in [1.165, 1.54) is 6.07 Å². The molecule has 0 aliphatic heterocycles. The standard InChI is InChI=1S/C11H16FN3O/c1-15(6-2-5-13)10-4-3-8(11(14)16)7-9(10)12/h3-4,7H,2,5-6,13H2,1H3,(H2,14,16). The first-order chi connectivity index (χ1) is 7.56. The number of benzene rings is 1. The zero-order valence-corrected chi connectivity index (χ0v) is 9.24. The number of nitrogens with two attached hydrogens (primary N) is 2. The van der Waals surface area contributed by atoms with Crippen molar-refractivity contribution in [2.75, 3.05) is 25.0 Å². The molecule has 0 aromatic heterocycles. The van der Waals surface area contributed by atoms with Gasteiger partial charge in [0.2, 0.25) is 5.91 Å². The van der Waals surface area contributed by atoms with Crippen LogP contribution in [0.1, 0.15) is 16.8 Å². The second kappa shape index (κ2) is 5.46. The summed E-state index contributed by atoms with van der Waals surface area (Å²) in [7, 11) is 1.78. The summed E-state index contributed by atoms with van der Waals surface area (Å²) in [5.74, 6) is -1.08. The molecule has 0 saturated carbocycles. The van der Waals surface area contributed by atoms with Crippen LogP contribution < -0.4 is 16.4 Å². The highest BCUT2D eigenvalue weighted by atomic mass is 19.1. The predicted octanol–water partition coefficient (Wildman–Crippen LogP) is 0.710. The highest BCUT2D eigenvalue weighted by Gasteiger charge is 2.09. The Labute approximate surface area is 94.0 Å². The summed E-state index contributed by atoms with van der Waals surface area (Å²) < 4.78 is 13.6. The second-order valence-electron chi connectivity index (χ2n) is 3.59. The van der Waals surface area contributed by atoms with Crippen molar-refractivity contribution in [2.24, 2.45) is 11.5 Å². The quantitative estimate of drug-likeness (QED) is 0.775. The molecule has 0 unspecified atom stereocenters. The van der Waals surface area contributed by atoms with Crippen LogP contribution in [0.4, 0.5) is 10.1 Å². The van der Waals surface area contributed by atoms with Gasteiger partial charge in [0.1, 0.15) is 5.82 Å². The summed E-state index contributed by atoms with van der Waals surface area (Å²) in [6.07, 6.45) is 0.785. The van der Waals surface area contributed by atoms with Crippen molar-refractivity contribution in [1.82, 2.24) is 0 Å². The van der Waals surface area contributed by atoms with Gasteiger partial charge >= 0.3 is 0 Å². The van der Waals surface area contributed by atoms with Crippen LogP contribution in [0.2, 0.25) is 0 Å². The Balaban J connectivity index is 2.85. The predicted molar refractivity (Wildman–Crippen MR) is 61.9 cm³/mol. The van der Waals surface area contributed by atoms with Gasteiger partial charge in [-0.25, -0.2) is 4.39 Å². The number of amides is 1. The van der Waals surface area contributed by atoms with Gasteiger partial charge in [-0.2, -0.15) is 0 Å². The minimum Gasteiger partial charge on any atom is -0.372 e. The van der Waals surface area contributed by atoms with E-state index in [4.69, 9.17) is 11.5 Å². The average Bonchev–Trinajstić information content (AvgIpc) is 2.25. The van der Waals surface area contributed by atoms with Crippen LogP contribution in [-0.2, 0) is 0 Å². The molecule has 1 aromatic carbocycles. The lowest BCUT2D eigenvalue weighted by Crippen LogP contribution is -2.22. The van der Waals surface area contributed by atoms with Crippen molar-refractivity contribution in [1.29, 1.82) is 0 Å². The number of halogens is 1. The normalized spacial score (nSPS) is 10.2. The van der Waals surface area contributed by atoms with Gasteiger partial charge in [-0.05, 0) is 31.2 Å². The van der Waals surface area contributed by atoms with Crippen molar-refractivity contribution in [3.63, 3.8) is 0 Å². The summed E-state index contributed by atoms with van der Waals surface area (Å²) in [4.78, 5) is 12.6. The SMILES string of the molecule is CN(CCCN)c1ccc(C(N)=O)cc1F. The van der Waals surface area contributed by atoms with Crippen molar-refractivity contribution in [3.05, 3.63) is 29.6 Å². The Bertz CT molecular complexity index is 381. The fourth-order valence-electron chi connectivity index (χ4n) is 1.42. The molecular weight excluding hydrogens is 209 g/mol. The molecule has 1 amide bonds. The van der Waals surface area contributed by atoms with Crippen LogP contribution in [0.5, 0.6) is 0 Å². The first-order valence-corrected chi connectivity index (χ1v) is 5.07. The Morgan fingerprint density at radius 3 is 2.69 bits per heavy atom. The summed E-state index contributed by atoms with van der Waals surface area (Å²) in [6, 6.07) is 4.21. The van der Waals surface area contributed by atoms with Gasteiger partial charge in [0.05, 0.1) is 5.69 Å². The summed E-state index contributed by atoms with van der Waals surface area (Å²) >= 11 is 0. The number of anilines is 1. The third kappa shape index (κ3) is 2.93. The van der Waals surface area contributed by atoms with Gasteiger partial charge in [-0.1, -0.05) is 0 Å². The van der Waals surface area contributed by atoms with Gasteiger partial charge in [0.15, 0.2) is 0 Å². The summed E-state index contributed by atoms with van der Waals surface area (Å²) in [5, 5.41) is 0. The molecule has 0 aliphatic carbocycles. The maximum atomic E-state index is 13.6. The number of hydrogen-bond acceptors (Lipinski definition) is 3. The summed E-state index contributed by atoms with van der Waals surface area (Å²) in [6.45, 7) is 1.23. The lowest BCUT2D eigenvalue weighted by atomic mass is 10.1. The van der Waals surface area contributed by atoms with E-state index in [0.29, 0.717) is 18.8 Å². The third-order valence-electron chi connectivity index (χ3n) is 2.34. The Morgan fingerprint density at radius 2 is 2.19 bits per heavy atom. The first-order valence-electron chi connectivity index (χ1n) is 5.07. The van der Waals surface area contributed by atoms with E-state index < -0.39 is 11.7 Å². The lowest BCUT2D eigenvalue weighted by Gasteiger charge is -2.19. The highest BCUT2D eigenvalue weighted by molar-refractivity contribution is 5.93. The first kappa shape index (κ1) is 12.4. The van der Waals surface area contributed by atoms with Crippen LogP contribution in [0.25, 0.3) is 0 Å². The Morgan fingerprint density at radius 1 is 1.50 bits per heavy atom. The Hall–Kier alpha value is -1.62. The van der Waals surface area contributed by atoms with E-state index >= 15 is 0 Å². The van der Waals surface area contributed by atoms with E-state index in [1.54, 1.807) is 18.0 Å². The van der Waals surface area contributed by atoms with Crippen LogP contribution in [-0.4, -0.2) is 26.0 Å². The number of hydrogen-bond donors (Lipinski definition) is 2. The zero-order chi connectivity index (χ0) is 12.1. The number of primary amides is 1. The molecule has 5 heteroatoms. The number of rotatable bonds is 5. The molecule has 0 aliphatic rings. The zero-order valence-electron chi connectivity index (χ0n) is 9.24. The van der Waals surface area contributed by atoms with E-state index in [0.717, 1.165) is 12.5 Å². The van der Waals surface area contributed by atoms with Crippen molar-refractivity contribution < 1.29 is 9.18 Å². The molecule has 0 fully saturated rings. The molecule has 4 nitrogen and oxygen atoms in total. The molecule has 16 heavy (non-hydrogen) atoms. The molecule has 0 atom stereocenters. The smallest absolute Gasteiger partial charge is 0.248 e. The molecule has 88 valence electrons. The third-order valence-corrected chi connectivity index (χ3v) is 2.34. The maximum absolute atomic E-state index is 13.6. The van der Waals surface area contributed by atoms with E-state index in [1.807, 2.05) is 0 Å². The van der Waals surface area contributed by atoms with E-state index in [9.17, 15) is 9.18 Å². The van der Waals surface area contributed by atoms with Crippen LogP contribution in [0, 0.1) is 5.82 Å². The maximum Gasteiger partial charge on any atom is 0.248 e. The second-order valence-corrected chi connectivity index (χ2v) is 3.59. The van der Waals surface area contributed by atoms with Gasteiger partial charge in [-0.3, -0.25) is 4.79 Å². The van der Waals surface area contributed by atoms with Gasteiger partial charge < -0.3 is 16.4 Å². The fraction of sp³-hybridized carbons (Fsp3) is 0.364. The van der Waals surface area contributed by atoms with Crippen molar-refractivity contribution in [2.45, 2.75) is 6.42 Å². The highest BCUT2D eigenvalue weighted by Crippen LogP contribution is 2.19. The molecule has 0 saturated heterocycles. The Kier molecular flexibility index (Phi) is 4.25. The average molecular weight is 225 g/mol. The van der Waals surface area contributed by atoms with Gasteiger partial charge in [0, 0.05) is 19.2 Å². The molecule has 0 bridgehead atoms. The molecule has 1 rings (SSSR count). The molecule has 4 N–H and O–H groups in total. The molecule has 0 spiro atoms. The molecular formula is C11H16FN3O.